The SMILES string of the molecule is COc1ccc2c3c([nH]c2c1)[C@H](CO)N(C(=O)Nc1ccc(F)cc1)CC31CCN(C(=O)Cc2ccccc2)CC1. The lowest BCUT2D eigenvalue weighted by atomic mass is 9.68. The number of nitrogens with one attached hydrogen (secondary N) is 2. The molecule has 0 bridgehead atoms. The number of benzene rings is 3. The number of nitrogens with zero attached hydrogens (tertiary/aromatic N) is 2. The number of hydrogen-bond acceptors (Lipinski definition) is 4. The number of carbonyl (C=O) groups excluding carboxylic acids is 2. The van der Waals surface area contributed by atoms with E-state index in [1.54, 1.807) is 12.0 Å². The molecule has 3 aromatic carbocycles. The van der Waals surface area contributed by atoms with E-state index in [2.05, 4.69) is 10.3 Å². The molecule has 1 atom stereocenters. The van der Waals surface area contributed by atoms with Gasteiger partial charge in [0.15, 0.2) is 0 Å². The van der Waals surface area contributed by atoms with Crippen LogP contribution in [0.2, 0.25) is 0 Å². The third-order valence-corrected chi connectivity index (χ3v) is 8.55. The van der Waals surface area contributed by atoms with E-state index in [9.17, 15) is 19.1 Å². The zero-order valence-corrected chi connectivity index (χ0v) is 22.9. The Morgan fingerprint density at radius 3 is 2.49 bits per heavy atom. The van der Waals surface area contributed by atoms with E-state index in [0.29, 0.717) is 50.3 Å². The number of aromatic nitrogens is 1. The number of hydrogen-bond donors (Lipinski definition) is 3. The van der Waals surface area contributed by atoms with Gasteiger partial charge in [0.05, 0.1) is 26.2 Å². The molecule has 3 amide bonds. The van der Waals surface area contributed by atoms with Crippen molar-refractivity contribution < 1.29 is 23.8 Å². The van der Waals surface area contributed by atoms with Crippen molar-refractivity contribution in [3.63, 3.8) is 0 Å². The molecule has 0 unspecified atom stereocenters. The number of anilines is 1. The first-order chi connectivity index (χ1) is 19.9. The van der Waals surface area contributed by atoms with Gasteiger partial charge in [-0.2, -0.15) is 0 Å². The van der Waals surface area contributed by atoms with E-state index >= 15 is 0 Å². The lowest BCUT2D eigenvalue weighted by Gasteiger charge is -2.50. The van der Waals surface area contributed by atoms with Gasteiger partial charge in [-0.05, 0) is 60.4 Å². The van der Waals surface area contributed by atoms with Crippen molar-refractivity contribution in [2.75, 3.05) is 38.7 Å². The maximum Gasteiger partial charge on any atom is 0.322 e. The quantitative estimate of drug-likeness (QED) is 0.322. The largest absolute Gasteiger partial charge is 0.497 e. The Morgan fingerprint density at radius 1 is 1.07 bits per heavy atom. The predicted molar refractivity (Wildman–Crippen MR) is 154 cm³/mol. The van der Waals surface area contributed by atoms with Gasteiger partial charge in [0, 0.05) is 53.4 Å². The Labute approximate surface area is 237 Å². The number of aliphatic hydroxyl groups is 1. The van der Waals surface area contributed by atoms with Crippen LogP contribution in [-0.4, -0.2) is 65.2 Å². The first kappa shape index (κ1) is 26.8. The van der Waals surface area contributed by atoms with Crippen LogP contribution in [0, 0.1) is 5.82 Å². The second kappa shape index (κ2) is 10.9. The smallest absolute Gasteiger partial charge is 0.322 e. The van der Waals surface area contributed by atoms with Gasteiger partial charge in [-0.1, -0.05) is 30.3 Å². The van der Waals surface area contributed by atoms with Crippen LogP contribution in [0.4, 0.5) is 14.9 Å². The van der Waals surface area contributed by atoms with Crippen molar-refractivity contribution in [3.05, 3.63) is 95.4 Å². The highest BCUT2D eigenvalue weighted by Crippen LogP contribution is 2.49. The van der Waals surface area contributed by atoms with Gasteiger partial charge in [0.25, 0.3) is 0 Å². The fourth-order valence-corrected chi connectivity index (χ4v) is 6.42. The topological polar surface area (TPSA) is 97.9 Å². The number of likely N-dealkylation sites (tertiary alicyclic amines) is 1. The van der Waals surface area contributed by atoms with Crippen molar-refractivity contribution in [1.82, 2.24) is 14.8 Å². The molecule has 1 saturated heterocycles. The Hall–Kier alpha value is -4.37. The van der Waals surface area contributed by atoms with E-state index in [1.165, 1.54) is 24.3 Å². The lowest BCUT2D eigenvalue weighted by molar-refractivity contribution is -0.132. The summed E-state index contributed by atoms with van der Waals surface area (Å²) in [7, 11) is 1.62. The van der Waals surface area contributed by atoms with Crippen molar-refractivity contribution in [2.24, 2.45) is 0 Å². The van der Waals surface area contributed by atoms with Gasteiger partial charge < -0.3 is 29.9 Å². The molecule has 3 heterocycles. The fraction of sp³-hybridized carbons (Fsp3) is 0.312. The van der Waals surface area contributed by atoms with Crippen LogP contribution in [0.3, 0.4) is 0 Å². The van der Waals surface area contributed by atoms with Crippen LogP contribution in [0.1, 0.15) is 35.7 Å². The second-order valence-corrected chi connectivity index (χ2v) is 10.9. The molecule has 2 aliphatic heterocycles. The van der Waals surface area contributed by atoms with Crippen molar-refractivity contribution in [3.8, 4) is 5.75 Å². The Balaban J connectivity index is 1.34. The van der Waals surface area contributed by atoms with Crippen LogP contribution in [0.5, 0.6) is 5.75 Å². The minimum absolute atomic E-state index is 0.0879. The number of fused-ring (bicyclic) bond motifs is 4. The molecule has 2 aliphatic rings. The Bertz CT molecular complexity index is 1560. The Kier molecular flexibility index (Phi) is 7.13. The fourth-order valence-electron chi connectivity index (χ4n) is 6.42. The number of aliphatic hydroxyl groups excluding tert-OH is 1. The summed E-state index contributed by atoms with van der Waals surface area (Å²) in [6.45, 7) is 1.22. The first-order valence-corrected chi connectivity index (χ1v) is 13.9. The average Bonchev–Trinajstić information content (AvgIpc) is 3.39. The molecule has 3 N–H and O–H groups in total. The zero-order chi connectivity index (χ0) is 28.6. The standard InChI is InChI=1S/C32H33FN4O4/c1-41-24-11-12-25-26(18-24)35-30-27(19-38)37(31(40)34-23-9-7-22(33)8-10-23)20-32(29(25)30)13-15-36(16-14-32)28(39)17-21-5-3-2-4-6-21/h2-12,18,27,35,38H,13-17,19-20H2,1H3,(H,34,40)/t27-/m0/s1. The molecular formula is C32H33FN4O4. The number of amides is 3. The molecule has 4 aromatic rings. The number of rotatable bonds is 5. The molecule has 0 aliphatic carbocycles. The van der Waals surface area contributed by atoms with Crippen LogP contribution >= 0.6 is 0 Å². The van der Waals surface area contributed by atoms with Crippen LogP contribution in [0.25, 0.3) is 10.9 Å². The number of halogens is 1. The summed E-state index contributed by atoms with van der Waals surface area (Å²) in [5.41, 5.74) is 3.77. The molecule has 1 fully saturated rings. The van der Waals surface area contributed by atoms with Crippen LogP contribution < -0.4 is 10.1 Å². The summed E-state index contributed by atoms with van der Waals surface area (Å²) in [5.74, 6) is 0.405. The zero-order valence-electron chi connectivity index (χ0n) is 22.9. The summed E-state index contributed by atoms with van der Waals surface area (Å²) < 4.78 is 18.9. The summed E-state index contributed by atoms with van der Waals surface area (Å²) in [4.78, 5) is 33.9. The van der Waals surface area contributed by atoms with Crippen LogP contribution in [0.15, 0.2) is 72.8 Å². The maximum atomic E-state index is 13.7. The minimum atomic E-state index is -0.604. The highest BCUT2D eigenvalue weighted by Gasteiger charge is 2.49. The van der Waals surface area contributed by atoms with Crippen molar-refractivity contribution in [1.29, 1.82) is 0 Å². The Morgan fingerprint density at radius 2 is 1.80 bits per heavy atom. The number of carbonyl (C=O) groups is 2. The molecule has 1 aromatic heterocycles. The van der Waals surface area contributed by atoms with Gasteiger partial charge in [-0.15, -0.1) is 0 Å². The first-order valence-electron chi connectivity index (χ1n) is 13.9. The summed E-state index contributed by atoms with van der Waals surface area (Å²) in [6, 6.07) is 20.2. The van der Waals surface area contributed by atoms with E-state index in [1.807, 2.05) is 53.4 Å². The lowest BCUT2D eigenvalue weighted by Crippen LogP contribution is -2.56. The number of urea groups is 1. The number of H-pyrrole nitrogens is 1. The summed E-state index contributed by atoms with van der Waals surface area (Å²) >= 11 is 0. The molecule has 9 heteroatoms. The molecule has 41 heavy (non-hydrogen) atoms. The monoisotopic (exact) mass is 556 g/mol. The third kappa shape index (κ3) is 5.02. The van der Waals surface area contributed by atoms with Gasteiger partial charge in [-0.3, -0.25) is 4.79 Å². The van der Waals surface area contributed by atoms with Crippen molar-refractivity contribution in [2.45, 2.75) is 30.7 Å². The predicted octanol–water partition coefficient (Wildman–Crippen LogP) is 5.00. The molecule has 6 rings (SSSR count). The van der Waals surface area contributed by atoms with Crippen molar-refractivity contribution >= 4 is 28.5 Å². The molecular weight excluding hydrogens is 523 g/mol. The van der Waals surface area contributed by atoms with E-state index < -0.39 is 11.5 Å². The number of ether oxygens (including phenoxy) is 1. The van der Waals surface area contributed by atoms with Gasteiger partial charge >= 0.3 is 6.03 Å². The molecule has 8 nitrogen and oxygen atoms in total. The normalized spacial score (nSPS) is 17.9. The van der Waals surface area contributed by atoms with Gasteiger partial charge in [0.2, 0.25) is 5.91 Å². The minimum Gasteiger partial charge on any atom is -0.497 e. The molecule has 1 spiro atoms. The summed E-state index contributed by atoms with van der Waals surface area (Å²) in [5, 5.41) is 14.5. The number of piperidine rings is 1. The van der Waals surface area contributed by atoms with E-state index in [4.69, 9.17) is 4.74 Å². The third-order valence-electron chi connectivity index (χ3n) is 8.55. The van der Waals surface area contributed by atoms with Gasteiger partial charge in [0.1, 0.15) is 11.6 Å². The molecule has 212 valence electrons. The highest BCUT2D eigenvalue weighted by molar-refractivity contribution is 5.92. The highest BCUT2D eigenvalue weighted by atomic mass is 19.1. The van der Waals surface area contributed by atoms with Crippen LogP contribution in [-0.2, 0) is 16.6 Å². The molecule has 0 saturated carbocycles. The average molecular weight is 557 g/mol. The molecule has 0 radical (unpaired) electrons. The number of methoxy groups -OCH3 is 1. The van der Waals surface area contributed by atoms with Gasteiger partial charge in [-0.25, -0.2) is 9.18 Å². The number of aromatic amines is 1. The summed E-state index contributed by atoms with van der Waals surface area (Å²) in [6.07, 6.45) is 1.68. The maximum absolute atomic E-state index is 13.7. The second-order valence-electron chi connectivity index (χ2n) is 10.9. The van der Waals surface area contributed by atoms with E-state index in [-0.39, 0.29) is 24.4 Å². The van der Waals surface area contributed by atoms with E-state index in [0.717, 1.165) is 27.7 Å².